The molecule has 0 unspecified atom stereocenters. The summed E-state index contributed by atoms with van der Waals surface area (Å²) in [7, 11) is 0. The van der Waals surface area contributed by atoms with Crippen LogP contribution in [-0.2, 0) is 6.42 Å². The first-order chi connectivity index (χ1) is 10.7. The van der Waals surface area contributed by atoms with E-state index in [1.807, 2.05) is 37.4 Å². The number of fused-ring (bicyclic) bond motifs is 1. The number of nitrogens with one attached hydrogen (secondary N) is 1. The van der Waals surface area contributed by atoms with Crippen molar-refractivity contribution >= 4 is 11.4 Å². The molecule has 0 fully saturated rings. The maximum atomic E-state index is 11.3. The molecule has 0 amide bonds. The van der Waals surface area contributed by atoms with Crippen molar-refractivity contribution in [3.05, 3.63) is 87.1 Å². The monoisotopic (exact) mass is 293 g/mol. The van der Waals surface area contributed by atoms with E-state index in [1.54, 1.807) is 18.2 Å². The molecule has 22 heavy (non-hydrogen) atoms. The molecule has 0 spiro atoms. The molecule has 0 aliphatic carbocycles. The largest absolute Gasteiger partial charge is 0.285 e. The minimum atomic E-state index is -0.375. The number of rotatable bonds is 2. The fourth-order valence-electron chi connectivity index (χ4n) is 2.56. The molecule has 0 aromatic heterocycles. The highest BCUT2D eigenvalue weighted by Gasteiger charge is 2.21. The first-order valence-corrected chi connectivity index (χ1v) is 6.98. The van der Waals surface area contributed by atoms with E-state index in [4.69, 9.17) is 0 Å². The Morgan fingerprint density at radius 2 is 1.77 bits per heavy atom. The lowest BCUT2D eigenvalue weighted by Gasteiger charge is -2.15. The Labute approximate surface area is 128 Å². The Bertz CT molecular complexity index is 794. The van der Waals surface area contributed by atoms with Crippen LogP contribution in [-0.4, -0.2) is 10.6 Å². The van der Waals surface area contributed by atoms with E-state index in [9.17, 15) is 10.1 Å². The lowest BCUT2D eigenvalue weighted by Crippen LogP contribution is -2.15. The molecule has 0 atom stereocenters. The van der Waals surface area contributed by atoms with Gasteiger partial charge in [0.2, 0.25) is 0 Å². The number of para-hydroxylation sites is 1. The van der Waals surface area contributed by atoms with E-state index in [2.05, 4.69) is 10.5 Å². The van der Waals surface area contributed by atoms with Crippen molar-refractivity contribution in [2.24, 2.45) is 5.10 Å². The van der Waals surface area contributed by atoms with Crippen LogP contribution in [0.5, 0.6) is 0 Å². The third-order valence-corrected chi connectivity index (χ3v) is 3.58. The number of benzene rings is 2. The van der Waals surface area contributed by atoms with Gasteiger partial charge in [0.15, 0.2) is 0 Å². The topological polar surface area (TPSA) is 67.5 Å². The SMILES string of the molecule is C/C1=C/N/N=C(/c2ccccc2[N+](=O)[O-])c2ccccc2C1. The second-order valence-electron chi connectivity index (χ2n) is 5.19. The molecule has 0 radical (unpaired) electrons. The van der Waals surface area contributed by atoms with Crippen LogP contribution < -0.4 is 5.43 Å². The third-order valence-electron chi connectivity index (χ3n) is 3.58. The maximum Gasteiger partial charge on any atom is 0.278 e. The van der Waals surface area contributed by atoms with Crippen molar-refractivity contribution in [2.45, 2.75) is 13.3 Å². The summed E-state index contributed by atoms with van der Waals surface area (Å²) in [4.78, 5) is 10.9. The Morgan fingerprint density at radius 1 is 1.09 bits per heavy atom. The minimum Gasteiger partial charge on any atom is -0.285 e. The van der Waals surface area contributed by atoms with Gasteiger partial charge in [-0.1, -0.05) is 42.0 Å². The van der Waals surface area contributed by atoms with Gasteiger partial charge < -0.3 is 0 Å². The summed E-state index contributed by atoms with van der Waals surface area (Å²) < 4.78 is 0. The van der Waals surface area contributed by atoms with Crippen LogP contribution in [0, 0.1) is 10.1 Å². The Hall–Kier alpha value is -2.95. The highest BCUT2D eigenvalue weighted by molar-refractivity contribution is 6.16. The number of nitrogens with zero attached hydrogens (tertiary/aromatic N) is 2. The quantitative estimate of drug-likeness (QED) is 0.681. The predicted molar refractivity (Wildman–Crippen MR) is 85.8 cm³/mol. The van der Waals surface area contributed by atoms with Gasteiger partial charge in [0.05, 0.1) is 10.5 Å². The fraction of sp³-hybridized carbons (Fsp3) is 0.118. The average molecular weight is 293 g/mol. The summed E-state index contributed by atoms with van der Waals surface area (Å²) >= 11 is 0. The second kappa shape index (κ2) is 5.81. The van der Waals surface area contributed by atoms with Crippen molar-refractivity contribution in [3.8, 4) is 0 Å². The van der Waals surface area contributed by atoms with Crippen molar-refractivity contribution in [1.29, 1.82) is 0 Å². The molecule has 1 aliphatic rings. The molecule has 1 heterocycles. The van der Waals surface area contributed by atoms with Gasteiger partial charge in [0.25, 0.3) is 5.69 Å². The molecule has 5 heteroatoms. The highest BCUT2D eigenvalue weighted by Crippen LogP contribution is 2.25. The first kappa shape index (κ1) is 14.0. The van der Waals surface area contributed by atoms with Gasteiger partial charge in [-0.3, -0.25) is 15.5 Å². The van der Waals surface area contributed by atoms with Crippen LogP contribution in [0.15, 0.2) is 65.4 Å². The normalized spacial score (nSPS) is 18.6. The van der Waals surface area contributed by atoms with E-state index in [-0.39, 0.29) is 10.6 Å². The number of allylic oxidation sites excluding steroid dienone is 1. The lowest BCUT2D eigenvalue weighted by atomic mass is 9.93. The van der Waals surface area contributed by atoms with Crippen LogP contribution in [0.25, 0.3) is 0 Å². The Balaban J connectivity index is 2.22. The molecule has 1 N–H and O–H groups in total. The van der Waals surface area contributed by atoms with E-state index in [0.717, 1.165) is 23.1 Å². The average Bonchev–Trinajstić information content (AvgIpc) is 2.50. The molecule has 5 nitrogen and oxygen atoms in total. The highest BCUT2D eigenvalue weighted by atomic mass is 16.6. The van der Waals surface area contributed by atoms with Crippen molar-refractivity contribution in [2.75, 3.05) is 0 Å². The van der Waals surface area contributed by atoms with E-state index in [1.165, 1.54) is 6.07 Å². The number of hydrazone groups is 1. The standard InChI is InChI=1S/C17H15N3O2/c1-12-10-13-6-2-3-7-14(13)17(19-18-11-12)15-8-4-5-9-16(15)20(21)22/h2-9,11,18H,10H2,1H3/b12-11-,19-17+. The van der Waals surface area contributed by atoms with Gasteiger partial charge in [-0.25, -0.2) is 0 Å². The molecule has 2 aromatic rings. The minimum absolute atomic E-state index is 0.0547. The van der Waals surface area contributed by atoms with Crippen LogP contribution in [0.3, 0.4) is 0 Å². The van der Waals surface area contributed by atoms with Gasteiger partial charge >= 0.3 is 0 Å². The lowest BCUT2D eigenvalue weighted by molar-refractivity contribution is -0.385. The zero-order chi connectivity index (χ0) is 15.5. The molecule has 1 aliphatic heterocycles. The van der Waals surface area contributed by atoms with Crippen LogP contribution >= 0.6 is 0 Å². The zero-order valence-electron chi connectivity index (χ0n) is 12.1. The van der Waals surface area contributed by atoms with Crippen molar-refractivity contribution in [1.82, 2.24) is 5.43 Å². The summed E-state index contributed by atoms with van der Waals surface area (Å²) in [5, 5.41) is 15.7. The smallest absolute Gasteiger partial charge is 0.278 e. The molecular weight excluding hydrogens is 278 g/mol. The zero-order valence-corrected chi connectivity index (χ0v) is 12.1. The summed E-state index contributed by atoms with van der Waals surface area (Å²) in [5.74, 6) is 0. The van der Waals surface area contributed by atoms with E-state index in [0.29, 0.717) is 11.3 Å². The number of hydrogen-bond acceptors (Lipinski definition) is 4. The number of nitro benzene ring substituents is 1. The molecule has 0 bridgehead atoms. The molecule has 2 aromatic carbocycles. The van der Waals surface area contributed by atoms with Gasteiger partial charge in [-0.05, 0) is 25.0 Å². The fourth-order valence-corrected chi connectivity index (χ4v) is 2.56. The maximum absolute atomic E-state index is 11.3. The molecule has 110 valence electrons. The Morgan fingerprint density at radius 3 is 2.55 bits per heavy atom. The first-order valence-electron chi connectivity index (χ1n) is 6.98. The molecular formula is C17H15N3O2. The van der Waals surface area contributed by atoms with Crippen LogP contribution in [0.1, 0.15) is 23.6 Å². The summed E-state index contributed by atoms with van der Waals surface area (Å²) in [6.07, 6.45) is 2.60. The van der Waals surface area contributed by atoms with E-state index >= 15 is 0 Å². The van der Waals surface area contributed by atoms with Crippen LogP contribution in [0.4, 0.5) is 5.69 Å². The summed E-state index contributed by atoms with van der Waals surface area (Å²) in [6.45, 7) is 2.02. The molecule has 0 saturated carbocycles. The summed E-state index contributed by atoms with van der Waals surface area (Å²) in [5.41, 5.74) is 7.23. The Kier molecular flexibility index (Phi) is 3.70. The van der Waals surface area contributed by atoms with Crippen molar-refractivity contribution < 1.29 is 4.92 Å². The predicted octanol–water partition coefficient (Wildman–Crippen LogP) is 3.40. The third kappa shape index (κ3) is 2.61. The molecule has 3 rings (SSSR count). The molecule has 0 saturated heterocycles. The van der Waals surface area contributed by atoms with Crippen LogP contribution in [0.2, 0.25) is 0 Å². The van der Waals surface area contributed by atoms with Gasteiger partial charge in [-0.15, -0.1) is 0 Å². The van der Waals surface area contributed by atoms with E-state index < -0.39 is 0 Å². The van der Waals surface area contributed by atoms with Gasteiger partial charge in [0, 0.05) is 17.8 Å². The second-order valence-corrected chi connectivity index (χ2v) is 5.19. The number of hydrogen-bond donors (Lipinski definition) is 1. The van der Waals surface area contributed by atoms with Gasteiger partial charge in [0.1, 0.15) is 5.71 Å². The van der Waals surface area contributed by atoms with Crippen molar-refractivity contribution in [3.63, 3.8) is 0 Å². The number of nitro groups is 1. The van der Waals surface area contributed by atoms with Gasteiger partial charge in [-0.2, -0.15) is 5.10 Å². The summed E-state index contributed by atoms with van der Waals surface area (Å²) in [6, 6.07) is 14.5.